The third-order valence-electron chi connectivity index (χ3n) is 5.87. The largest absolute Gasteiger partial charge is 0.347 e. The Balaban J connectivity index is 5.43. The summed E-state index contributed by atoms with van der Waals surface area (Å²) in [5, 5.41) is 0.0184. The van der Waals surface area contributed by atoms with Crippen molar-refractivity contribution in [1.82, 2.24) is 0 Å². The van der Waals surface area contributed by atoms with Gasteiger partial charge >= 0.3 is 5.97 Å². The van der Waals surface area contributed by atoms with Gasteiger partial charge in [0.25, 0.3) is 8.32 Å². The summed E-state index contributed by atoms with van der Waals surface area (Å²) in [6.45, 7) is 21.5. The zero-order valence-electron chi connectivity index (χ0n) is 18.0. The Bertz CT molecular complexity index is 381. The molecule has 0 heterocycles. The summed E-state index contributed by atoms with van der Waals surface area (Å²) in [6.07, 6.45) is 5.98. The van der Waals surface area contributed by atoms with Gasteiger partial charge in [-0.1, -0.05) is 81.1 Å². The minimum atomic E-state index is -2.11. The molecular weight excluding hydrogens is 316 g/mol. The molecule has 0 saturated heterocycles. The van der Waals surface area contributed by atoms with Crippen LogP contribution in [-0.2, 0) is 14.3 Å². The van der Waals surface area contributed by atoms with E-state index in [9.17, 15) is 4.79 Å². The molecule has 0 aromatic carbocycles. The Kier molecular flexibility index (Phi) is 8.71. The highest BCUT2D eigenvalue weighted by Gasteiger charge is 2.50. The summed E-state index contributed by atoms with van der Waals surface area (Å²) in [7, 11) is -2.11. The summed E-state index contributed by atoms with van der Waals surface area (Å²) in [6, 6.07) is 0. The molecule has 0 rings (SSSR count). The molecule has 4 heteroatoms. The molecule has 0 fully saturated rings. The molecule has 0 amide bonds. The van der Waals surface area contributed by atoms with Crippen molar-refractivity contribution in [3.05, 3.63) is 0 Å². The van der Waals surface area contributed by atoms with Crippen LogP contribution in [0, 0.1) is 10.8 Å². The smallest absolute Gasteiger partial charge is 0.309 e. The maximum atomic E-state index is 13.2. The lowest BCUT2D eigenvalue weighted by molar-refractivity contribution is -0.240. The van der Waals surface area contributed by atoms with Crippen LogP contribution in [0.1, 0.15) is 93.9 Å². The first-order chi connectivity index (χ1) is 10.7. The number of carbonyl (C=O) groups excluding carboxylic acids is 1. The van der Waals surface area contributed by atoms with Crippen LogP contribution in [-0.4, -0.2) is 14.3 Å². The topological polar surface area (TPSA) is 35.5 Å². The van der Waals surface area contributed by atoms with E-state index < -0.39 is 13.7 Å². The fourth-order valence-electron chi connectivity index (χ4n) is 2.69. The zero-order valence-corrected chi connectivity index (χ0v) is 19.0. The summed E-state index contributed by atoms with van der Waals surface area (Å²) >= 11 is 0. The Morgan fingerprint density at radius 3 is 1.58 bits per heavy atom. The van der Waals surface area contributed by atoms with Gasteiger partial charge in [-0.25, -0.2) is 9.37 Å². The molecule has 0 radical (unpaired) electrons. The van der Waals surface area contributed by atoms with Crippen LogP contribution in [0.25, 0.3) is 0 Å². The standard InChI is InChI=1S/C20H42O3Si/c1-11-13-15-20(16-14-12-2,18(3,4)5)17(21)22-23-24(9,10)19(6,7)8/h11-16H2,1-10H3. The quantitative estimate of drug-likeness (QED) is 0.256. The highest BCUT2D eigenvalue weighted by Crippen LogP contribution is 2.48. The molecular formula is C20H42O3Si. The SMILES string of the molecule is CCCCC(CCCC)(C(=O)OO[Si](C)(C)C(C)(C)C)C(C)(C)C. The van der Waals surface area contributed by atoms with Crippen LogP contribution in [0.5, 0.6) is 0 Å². The van der Waals surface area contributed by atoms with E-state index in [-0.39, 0.29) is 16.4 Å². The van der Waals surface area contributed by atoms with E-state index in [0.29, 0.717) is 0 Å². The second-order valence-corrected chi connectivity index (χ2v) is 14.4. The minimum Gasteiger partial charge on any atom is -0.309 e. The van der Waals surface area contributed by atoms with Crippen molar-refractivity contribution in [3.8, 4) is 0 Å². The lowest BCUT2D eigenvalue weighted by atomic mass is 9.61. The van der Waals surface area contributed by atoms with Gasteiger partial charge in [0.2, 0.25) is 0 Å². The van der Waals surface area contributed by atoms with E-state index >= 15 is 0 Å². The number of unbranched alkanes of at least 4 members (excludes halogenated alkanes) is 2. The third-order valence-corrected chi connectivity index (χ3v) is 9.98. The molecule has 0 unspecified atom stereocenters. The first-order valence-corrected chi connectivity index (χ1v) is 12.6. The lowest BCUT2D eigenvalue weighted by Crippen LogP contribution is -2.47. The predicted octanol–water partition coefficient (Wildman–Crippen LogP) is 6.88. The number of carbonyl (C=O) groups is 1. The summed E-state index contributed by atoms with van der Waals surface area (Å²) in [4.78, 5) is 18.7. The van der Waals surface area contributed by atoms with Gasteiger partial charge in [0.05, 0.1) is 5.41 Å². The van der Waals surface area contributed by atoms with Crippen molar-refractivity contribution in [3.63, 3.8) is 0 Å². The molecule has 0 aliphatic carbocycles. The molecule has 3 nitrogen and oxygen atoms in total. The second kappa shape index (κ2) is 8.84. The van der Waals surface area contributed by atoms with Crippen molar-refractivity contribution < 1.29 is 14.3 Å². The van der Waals surface area contributed by atoms with E-state index in [0.717, 1.165) is 38.5 Å². The molecule has 0 bridgehead atoms. The average Bonchev–Trinajstić information content (AvgIpc) is 2.42. The molecule has 0 atom stereocenters. The van der Waals surface area contributed by atoms with Crippen molar-refractivity contribution in [2.75, 3.05) is 0 Å². The van der Waals surface area contributed by atoms with Gasteiger partial charge in [-0.15, -0.1) is 0 Å². The number of hydrogen-bond donors (Lipinski definition) is 0. The highest BCUT2D eigenvalue weighted by atomic mass is 28.4. The van der Waals surface area contributed by atoms with Crippen molar-refractivity contribution in [1.29, 1.82) is 0 Å². The summed E-state index contributed by atoms with van der Waals surface area (Å²) in [5.74, 6) is -0.165. The van der Waals surface area contributed by atoms with Crippen LogP contribution < -0.4 is 0 Å². The monoisotopic (exact) mass is 358 g/mol. The molecule has 0 aromatic heterocycles. The first kappa shape index (κ1) is 23.6. The molecule has 0 aliphatic heterocycles. The van der Waals surface area contributed by atoms with E-state index in [1.807, 2.05) is 0 Å². The van der Waals surface area contributed by atoms with Gasteiger partial charge in [-0.3, -0.25) is 0 Å². The molecule has 24 heavy (non-hydrogen) atoms. The van der Waals surface area contributed by atoms with Gasteiger partial charge < -0.3 is 4.89 Å². The summed E-state index contributed by atoms with van der Waals surface area (Å²) < 4.78 is 5.81. The summed E-state index contributed by atoms with van der Waals surface area (Å²) in [5.41, 5.74) is -0.618. The molecule has 144 valence electrons. The van der Waals surface area contributed by atoms with Gasteiger partial charge in [0.1, 0.15) is 0 Å². The number of hydrogen-bond acceptors (Lipinski definition) is 3. The van der Waals surface area contributed by atoms with Crippen molar-refractivity contribution >= 4 is 14.3 Å². The molecule has 0 aliphatic rings. The van der Waals surface area contributed by atoms with Crippen LogP contribution in [0.3, 0.4) is 0 Å². The minimum absolute atomic E-state index is 0.0184. The van der Waals surface area contributed by atoms with E-state index in [2.05, 4.69) is 68.5 Å². The second-order valence-electron chi connectivity index (χ2n) is 9.75. The average molecular weight is 359 g/mol. The first-order valence-electron chi connectivity index (χ1n) is 9.65. The van der Waals surface area contributed by atoms with Crippen LogP contribution in [0.15, 0.2) is 0 Å². The maximum absolute atomic E-state index is 13.2. The zero-order chi connectivity index (χ0) is 19.2. The van der Waals surface area contributed by atoms with E-state index in [1.165, 1.54) is 0 Å². The fraction of sp³-hybridized carbons (Fsp3) is 0.950. The predicted molar refractivity (Wildman–Crippen MR) is 105 cm³/mol. The normalized spacial score (nSPS) is 13.9. The Hall–Kier alpha value is -0.353. The van der Waals surface area contributed by atoms with Gasteiger partial charge in [-0.2, -0.15) is 0 Å². The van der Waals surface area contributed by atoms with E-state index in [1.54, 1.807) is 0 Å². The Labute approximate surface area is 151 Å². The van der Waals surface area contributed by atoms with Gasteiger partial charge in [0.15, 0.2) is 0 Å². The Morgan fingerprint density at radius 1 is 0.875 bits per heavy atom. The Morgan fingerprint density at radius 2 is 1.29 bits per heavy atom. The van der Waals surface area contributed by atoms with Crippen LogP contribution in [0.2, 0.25) is 18.1 Å². The van der Waals surface area contributed by atoms with E-state index in [4.69, 9.17) is 9.46 Å². The molecule has 0 N–H and O–H groups in total. The van der Waals surface area contributed by atoms with Gasteiger partial charge in [-0.05, 0) is 36.4 Å². The van der Waals surface area contributed by atoms with Crippen LogP contribution in [0.4, 0.5) is 0 Å². The third kappa shape index (κ3) is 5.87. The fourth-order valence-corrected chi connectivity index (χ4v) is 3.22. The highest BCUT2D eigenvalue weighted by molar-refractivity contribution is 6.73. The number of rotatable bonds is 9. The molecule has 0 aromatic rings. The maximum Gasteiger partial charge on any atom is 0.347 e. The van der Waals surface area contributed by atoms with Crippen molar-refractivity contribution in [2.45, 2.75) is 112 Å². The van der Waals surface area contributed by atoms with Gasteiger partial charge in [0, 0.05) is 0 Å². The molecule has 0 saturated carbocycles. The van der Waals surface area contributed by atoms with Crippen LogP contribution >= 0.6 is 0 Å². The lowest BCUT2D eigenvalue weighted by Gasteiger charge is -2.43. The van der Waals surface area contributed by atoms with Crippen molar-refractivity contribution in [2.24, 2.45) is 10.8 Å². The molecule has 0 spiro atoms.